The van der Waals surface area contributed by atoms with Crippen LogP contribution in [0.2, 0.25) is 0 Å². The first-order valence-electron chi connectivity index (χ1n) is 7.44. The van der Waals surface area contributed by atoms with Crippen LogP contribution < -0.4 is 10.6 Å². The van der Waals surface area contributed by atoms with Crippen LogP contribution in [0, 0.1) is 25.2 Å². The number of nitriles is 1. The van der Waals surface area contributed by atoms with Gasteiger partial charge in [0.25, 0.3) is 0 Å². The molecule has 6 nitrogen and oxygen atoms in total. The summed E-state index contributed by atoms with van der Waals surface area (Å²) in [5.74, 6) is 0.986. The highest BCUT2D eigenvalue weighted by Crippen LogP contribution is 2.19. The third kappa shape index (κ3) is 3.84. The number of hydrogen-bond donors (Lipinski definition) is 2. The highest BCUT2D eigenvalue weighted by atomic mass is 15.3. The standard InChI is InChI=1S/C18H16N6/c1-12-7-13(2)9-16(8-12)21-17-11-20-24-18(23-17)22-15-5-3-14(10-19)4-6-15/h3-9,11H,1-2H3,(H2,21,22,23,24). The van der Waals surface area contributed by atoms with Gasteiger partial charge in [0.2, 0.25) is 5.95 Å². The lowest BCUT2D eigenvalue weighted by Gasteiger charge is -2.09. The van der Waals surface area contributed by atoms with E-state index >= 15 is 0 Å². The maximum atomic E-state index is 8.82. The van der Waals surface area contributed by atoms with Crippen molar-refractivity contribution >= 4 is 23.1 Å². The van der Waals surface area contributed by atoms with Crippen LogP contribution in [-0.4, -0.2) is 15.2 Å². The Hall–Kier alpha value is -3.46. The summed E-state index contributed by atoms with van der Waals surface area (Å²) < 4.78 is 0. The molecule has 3 rings (SSSR count). The zero-order valence-electron chi connectivity index (χ0n) is 13.4. The highest BCUT2D eigenvalue weighted by molar-refractivity contribution is 5.60. The number of benzene rings is 2. The topological polar surface area (TPSA) is 86.5 Å². The Balaban J connectivity index is 1.77. The Bertz CT molecular complexity index is 876. The normalized spacial score (nSPS) is 10.0. The summed E-state index contributed by atoms with van der Waals surface area (Å²) in [6.45, 7) is 4.10. The van der Waals surface area contributed by atoms with E-state index in [0.717, 1.165) is 11.4 Å². The molecule has 2 N–H and O–H groups in total. The predicted octanol–water partition coefficient (Wildman–Crippen LogP) is 3.85. The largest absolute Gasteiger partial charge is 0.339 e. The monoisotopic (exact) mass is 316 g/mol. The van der Waals surface area contributed by atoms with Crippen LogP contribution >= 0.6 is 0 Å². The van der Waals surface area contributed by atoms with Crippen LogP contribution in [-0.2, 0) is 0 Å². The van der Waals surface area contributed by atoms with E-state index < -0.39 is 0 Å². The van der Waals surface area contributed by atoms with Crippen molar-refractivity contribution in [3.8, 4) is 6.07 Å². The molecule has 0 atom stereocenters. The molecule has 0 aliphatic rings. The molecule has 0 saturated heterocycles. The van der Waals surface area contributed by atoms with Gasteiger partial charge in [-0.2, -0.15) is 15.3 Å². The summed E-state index contributed by atoms with van der Waals surface area (Å²) >= 11 is 0. The zero-order valence-corrected chi connectivity index (χ0v) is 13.4. The van der Waals surface area contributed by atoms with Crippen LogP contribution in [0.1, 0.15) is 16.7 Å². The van der Waals surface area contributed by atoms with Gasteiger partial charge in [0.1, 0.15) is 0 Å². The van der Waals surface area contributed by atoms with Crippen LogP contribution in [0.25, 0.3) is 0 Å². The molecule has 0 spiro atoms. The molecule has 0 unspecified atom stereocenters. The van der Waals surface area contributed by atoms with Gasteiger partial charge >= 0.3 is 0 Å². The molecular weight excluding hydrogens is 300 g/mol. The first-order chi connectivity index (χ1) is 11.6. The fourth-order valence-corrected chi connectivity index (χ4v) is 2.37. The first kappa shape index (κ1) is 15.4. The Labute approximate surface area is 140 Å². The molecule has 0 fully saturated rings. The second kappa shape index (κ2) is 6.75. The summed E-state index contributed by atoms with van der Waals surface area (Å²) in [4.78, 5) is 4.40. The molecule has 0 amide bonds. The molecule has 0 radical (unpaired) electrons. The Morgan fingerprint density at radius 1 is 0.917 bits per heavy atom. The van der Waals surface area contributed by atoms with Gasteiger partial charge in [-0.15, -0.1) is 5.10 Å². The van der Waals surface area contributed by atoms with Gasteiger partial charge in [0.05, 0.1) is 17.8 Å². The van der Waals surface area contributed by atoms with E-state index in [0.29, 0.717) is 17.3 Å². The molecule has 0 aliphatic heterocycles. The third-order valence-corrected chi connectivity index (χ3v) is 3.32. The van der Waals surface area contributed by atoms with E-state index in [1.807, 2.05) is 26.0 Å². The number of nitrogens with zero attached hydrogens (tertiary/aromatic N) is 4. The van der Waals surface area contributed by atoms with Gasteiger partial charge < -0.3 is 10.6 Å². The van der Waals surface area contributed by atoms with E-state index in [2.05, 4.69) is 38.0 Å². The maximum Gasteiger partial charge on any atom is 0.249 e. The fourth-order valence-electron chi connectivity index (χ4n) is 2.37. The van der Waals surface area contributed by atoms with Crippen LogP contribution in [0.4, 0.5) is 23.1 Å². The molecule has 24 heavy (non-hydrogen) atoms. The summed E-state index contributed by atoms with van der Waals surface area (Å²) in [7, 11) is 0. The smallest absolute Gasteiger partial charge is 0.249 e. The van der Waals surface area contributed by atoms with Crippen molar-refractivity contribution in [2.75, 3.05) is 10.6 Å². The quantitative estimate of drug-likeness (QED) is 0.760. The zero-order chi connectivity index (χ0) is 16.9. The number of nitrogens with one attached hydrogen (secondary N) is 2. The lowest BCUT2D eigenvalue weighted by molar-refractivity contribution is 0.982. The summed E-state index contributed by atoms with van der Waals surface area (Å²) in [6.07, 6.45) is 1.57. The Morgan fingerprint density at radius 2 is 1.62 bits per heavy atom. The van der Waals surface area contributed by atoms with E-state index in [4.69, 9.17) is 5.26 Å². The van der Waals surface area contributed by atoms with Gasteiger partial charge in [-0.25, -0.2) is 0 Å². The Morgan fingerprint density at radius 3 is 2.29 bits per heavy atom. The van der Waals surface area contributed by atoms with Crippen LogP contribution in [0.15, 0.2) is 48.7 Å². The highest BCUT2D eigenvalue weighted by Gasteiger charge is 2.03. The SMILES string of the molecule is Cc1cc(C)cc(Nc2cnnc(Nc3ccc(C#N)cc3)n2)c1. The average molecular weight is 316 g/mol. The molecule has 6 heteroatoms. The number of hydrogen-bond acceptors (Lipinski definition) is 6. The summed E-state index contributed by atoms with van der Waals surface area (Å²) in [5.41, 5.74) is 4.70. The van der Waals surface area contributed by atoms with Crippen LogP contribution in [0.5, 0.6) is 0 Å². The summed E-state index contributed by atoms with van der Waals surface area (Å²) in [5, 5.41) is 23.1. The summed E-state index contributed by atoms with van der Waals surface area (Å²) in [6, 6.07) is 15.3. The predicted molar refractivity (Wildman–Crippen MR) is 93.5 cm³/mol. The second-order valence-electron chi connectivity index (χ2n) is 5.48. The molecule has 1 aromatic heterocycles. The van der Waals surface area contributed by atoms with E-state index in [1.54, 1.807) is 30.5 Å². The van der Waals surface area contributed by atoms with E-state index in [1.165, 1.54) is 11.1 Å². The van der Waals surface area contributed by atoms with Crippen molar-refractivity contribution in [3.05, 3.63) is 65.4 Å². The number of aryl methyl sites for hydroxylation is 2. The lowest BCUT2D eigenvalue weighted by atomic mass is 10.1. The molecule has 3 aromatic rings. The minimum Gasteiger partial charge on any atom is -0.339 e. The van der Waals surface area contributed by atoms with Crippen molar-refractivity contribution in [1.29, 1.82) is 5.26 Å². The molecule has 0 saturated carbocycles. The third-order valence-electron chi connectivity index (χ3n) is 3.32. The number of rotatable bonds is 4. The van der Waals surface area contributed by atoms with Gasteiger partial charge in [0.15, 0.2) is 5.82 Å². The first-order valence-corrected chi connectivity index (χ1v) is 7.44. The number of aromatic nitrogens is 3. The molecule has 2 aromatic carbocycles. The molecule has 0 bridgehead atoms. The lowest BCUT2D eigenvalue weighted by Crippen LogP contribution is -2.02. The van der Waals surface area contributed by atoms with E-state index in [9.17, 15) is 0 Å². The number of anilines is 4. The minimum atomic E-state index is 0.383. The van der Waals surface area contributed by atoms with Gasteiger partial charge in [-0.1, -0.05) is 6.07 Å². The van der Waals surface area contributed by atoms with E-state index in [-0.39, 0.29) is 0 Å². The minimum absolute atomic E-state index is 0.383. The van der Waals surface area contributed by atoms with Gasteiger partial charge in [-0.3, -0.25) is 0 Å². The molecule has 118 valence electrons. The average Bonchev–Trinajstić information content (AvgIpc) is 2.55. The molecule has 1 heterocycles. The van der Waals surface area contributed by atoms with Crippen molar-refractivity contribution < 1.29 is 0 Å². The van der Waals surface area contributed by atoms with Crippen molar-refractivity contribution in [3.63, 3.8) is 0 Å². The van der Waals surface area contributed by atoms with Crippen molar-refractivity contribution in [1.82, 2.24) is 15.2 Å². The maximum absolute atomic E-state index is 8.82. The second-order valence-corrected chi connectivity index (χ2v) is 5.48. The van der Waals surface area contributed by atoms with Gasteiger partial charge in [0, 0.05) is 11.4 Å². The van der Waals surface area contributed by atoms with Crippen molar-refractivity contribution in [2.24, 2.45) is 0 Å². The fraction of sp³-hybridized carbons (Fsp3) is 0.111. The van der Waals surface area contributed by atoms with Crippen LogP contribution in [0.3, 0.4) is 0 Å². The molecular formula is C18H16N6. The Kier molecular flexibility index (Phi) is 4.34. The molecule has 0 aliphatic carbocycles. The van der Waals surface area contributed by atoms with Gasteiger partial charge in [-0.05, 0) is 61.4 Å². The van der Waals surface area contributed by atoms with Crippen molar-refractivity contribution in [2.45, 2.75) is 13.8 Å².